The second-order valence-corrected chi connectivity index (χ2v) is 9.62. The van der Waals surface area contributed by atoms with Crippen molar-refractivity contribution in [2.45, 2.75) is 39.3 Å². The van der Waals surface area contributed by atoms with E-state index in [9.17, 15) is 0 Å². The van der Waals surface area contributed by atoms with Crippen molar-refractivity contribution < 1.29 is 4.74 Å². The molecule has 0 fully saturated rings. The first kappa shape index (κ1) is 25.7. The Morgan fingerprint density at radius 2 is 1.76 bits per heavy atom. The number of hydrogen-bond donors (Lipinski definition) is 0. The number of methoxy groups -OCH3 is 1. The lowest BCUT2D eigenvalue weighted by Crippen LogP contribution is -2.24. The zero-order valence-electron chi connectivity index (χ0n) is 20.8. The molecule has 1 aromatic heterocycles. The summed E-state index contributed by atoms with van der Waals surface area (Å²) >= 11 is 1.73. The molecule has 3 heteroatoms. The maximum Gasteiger partial charge on any atom is 0.123 e. The van der Waals surface area contributed by atoms with Gasteiger partial charge in [0.05, 0.1) is 0 Å². The predicted molar refractivity (Wildman–Crippen MR) is 149 cm³/mol. The van der Waals surface area contributed by atoms with Gasteiger partial charge >= 0.3 is 0 Å². The van der Waals surface area contributed by atoms with Crippen LogP contribution in [-0.4, -0.2) is 30.7 Å². The second kappa shape index (κ2) is 13.1. The lowest BCUT2D eigenvalue weighted by Gasteiger charge is -2.20. The molecule has 2 aromatic carbocycles. The van der Waals surface area contributed by atoms with E-state index in [0.717, 1.165) is 26.1 Å². The van der Waals surface area contributed by atoms with Crippen molar-refractivity contribution in [2.75, 3.05) is 20.2 Å². The molecular weight excluding hydrogens is 434 g/mol. The Morgan fingerprint density at radius 1 is 1.00 bits per heavy atom. The van der Waals surface area contributed by atoms with Crippen molar-refractivity contribution in [1.29, 1.82) is 0 Å². The molecule has 0 saturated carbocycles. The molecular formula is C31H35NOS. The molecule has 0 unspecified atom stereocenters. The zero-order chi connectivity index (χ0) is 24.2. The fraction of sp³-hybridized carbons (Fsp3) is 0.290. The Kier molecular flexibility index (Phi) is 9.91. The third-order valence-corrected chi connectivity index (χ3v) is 6.24. The summed E-state index contributed by atoms with van der Waals surface area (Å²) in [5, 5.41) is 4.31. The first-order valence-electron chi connectivity index (χ1n) is 11.8. The van der Waals surface area contributed by atoms with E-state index in [-0.39, 0.29) is 0 Å². The largest absolute Gasteiger partial charge is 0.366 e. The van der Waals surface area contributed by atoms with Crippen LogP contribution in [0.3, 0.4) is 0 Å². The minimum absolute atomic E-state index is 0.410. The van der Waals surface area contributed by atoms with Gasteiger partial charge in [-0.25, -0.2) is 0 Å². The predicted octanol–water partition coefficient (Wildman–Crippen LogP) is 7.78. The molecule has 0 aliphatic carbocycles. The molecule has 0 radical (unpaired) electrons. The van der Waals surface area contributed by atoms with Crippen LogP contribution in [-0.2, 0) is 11.3 Å². The van der Waals surface area contributed by atoms with Crippen LogP contribution in [0.1, 0.15) is 43.9 Å². The van der Waals surface area contributed by atoms with E-state index in [0.29, 0.717) is 0 Å². The highest BCUT2D eigenvalue weighted by molar-refractivity contribution is 7.08. The summed E-state index contributed by atoms with van der Waals surface area (Å²) in [5.74, 6) is 6.23. The topological polar surface area (TPSA) is 12.5 Å². The van der Waals surface area contributed by atoms with Gasteiger partial charge in [0.2, 0.25) is 0 Å². The molecule has 2 nitrogen and oxygen atoms in total. The third kappa shape index (κ3) is 8.47. The zero-order valence-corrected chi connectivity index (χ0v) is 21.6. The molecule has 0 atom stereocenters. The second-order valence-electron chi connectivity index (χ2n) is 8.84. The lowest BCUT2D eigenvalue weighted by atomic mass is 10.0. The summed E-state index contributed by atoms with van der Waals surface area (Å²) in [6.07, 6.45) is 9.59. The van der Waals surface area contributed by atoms with Crippen molar-refractivity contribution >= 4 is 23.5 Å². The van der Waals surface area contributed by atoms with E-state index in [2.05, 4.69) is 107 Å². The smallest absolute Gasteiger partial charge is 0.123 e. The normalized spacial score (nSPS) is 11.9. The van der Waals surface area contributed by atoms with Crippen LogP contribution in [0, 0.1) is 11.8 Å². The standard InChI is InChI=1S/C31H35NOS/c1-5-19-32(20-8-6-7-18-31(2,3)33-4)24-28-13-9-11-26(22-28)15-16-27-12-10-14-29(23-27)30-17-21-34-25-30/h6,8-17,21-23,25H,5,19-20,24H2,1-4H3/b8-6?,16-15+. The van der Waals surface area contributed by atoms with Crippen LogP contribution >= 0.6 is 11.3 Å². The number of allylic oxidation sites excluding steroid dienone is 1. The van der Waals surface area contributed by atoms with E-state index < -0.39 is 5.60 Å². The van der Waals surface area contributed by atoms with Crippen molar-refractivity contribution in [3.05, 3.63) is 94.2 Å². The average Bonchev–Trinajstić information content (AvgIpc) is 3.38. The third-order valence-electron chi connectivity index (χ3n) is 5.55. The molecule has 34 heavy (non-hydrogen) atoms. The van der Waals surface area contributed by atoms with Gasteiger partial charge in [-0.05, 0) is 83.6 Å². The SMILES string of the molecule is CCCN(CC=CC#CC(C)(C)OC)Cc1cccc(/C=C/c2cccc(-c3ccsc3)c2)c1. The van der Waals surface area contributed by atoms with Gasteiger partial charge in [-0.15, -0.1) is 0 Å². The summed E-state index contributed by atoms with van der Waals surface area (Å²) in [4.78, 5) is 2.45. The molecule has 0 N–H and O–H groups in total. The maximum absolute atomic E-state index is 5.34. The molecule has 0 saturated heterocycles. The molecule has 176 valence electrons. The molecule has 0 aliphatic heterocycles. The summed E-state index contributed by atoms with van der Waals surface area (Å²) in [6, 6.07) is 19.7. The van der Waals surface area contributed by atoms with Crippen molar-refractivity contribution in [2.24, 2.45) is 0 Å². The highest BCUT2D eigenvalue weighted by atomic mass is 32.1. The van der Waals surface area contributed by atoms with Crippen molar-refractivity contribution in [3.8, 4) is 23.0 Å². The quantitative estimate of drug-likeness (QED) is 0.222. The fourth-order valence-electron chi connectivity index (χ4n) is 3.57. The summed E-state index contributed by atoms with van der Waals surface area (Å²) < 4.78 is 5.34. The molecule has 3 aromatic rings. The van der Waals surface area contributed by atoms with Gasteiger partial charge in [0, 0.05) is 20.2 Å². The van der Waals surface area contributed by atoms with Crippen LogP contribution in [0.5, 0.6) is 0 Å². The molecule has 3 rings (SSSR count). The first-order chi connectivity index (χ1) is 16.5. The van der Waals surface area contributed by atoms with Crippen LogP contribution < -0.4 is 0 Å². The van der Waals surface area contributed by atoms with Gasteiger partial charge < -0.3 is 4.74 Å². The molecule has 0 amide bonds. The maximum atomic E-state index is 5.34. The average molecular weight is 470 g/mol. The number of nitrogens with zero attached hydrogens (tertiary/aromatic N) is 1. The van der Waals surface area contributed by atoms with Gasteiger partial charge in [0.25, 0.3) is 0 Å². The number of thiophene rings is 1. The van der Waals surface area contributed by atoms with Gasteiger partial charge in [0.1, 0.15) is 5.60 Å². The Morgan fingerprint density at radius 3 is 2.47 bits per heavy atom. The van der Waals surface area contributed by atoms with Crippen molar-refractivity contribution in [3.63, 3.8) is 0 Å². The molecule has 1 heterocycles. The Bertz CT molecular complexity index is 1150. The van der Waals surface area contributed by atoms with Gasteiger partial charge in [-0.3, -0.25) is 4.90 Å². The Hall–Kier alpha value is -2.90. The monoisotopic (exact) mass is 469 g/mol. The van der Waals surface area contributed by atoms with Crippen LogP contribution in [0.25, 0.3) is 23.3 Å². The van der Waals surface area contributed by atoms with Crippen LogP contribution in [0.2, 0.25) is 0 Å². The lowest BCUT2D eigenvalue weighted by molar-refractivity contribution is 0.0742. The van der Waals surface area contributed by atoms with Gasteiger partial charge in [0.15, 0.2) is 0 Å². The summed E-state index contributed by atoms with van der Waals surface area (Å²) in [5.41, 5.74) is 5.88. The highest BCUT2D eigenvalue weighted by Crippen LogP contribution is 2.23. The molecule has 0 aliphatic rings. The van der Waals surface area contributed by atoms with Crippen LogP contribution in [0.4, 0.5) is 0 Å². The highest BCUT2D eigenvalue weighted by Gasteiger charge is 2.10. The van der Waals surface area contributed by atoms with E-state index in [1.54, 1.807) is 18.4 Å². The number of ether oxygens (including phenoxy) is 1. The molecule has 0 spiro atoms. The fourth-order valence-corrected chi connectivity index (χ4v) is 4.24. The number of benzene rings is 2. The van der Waals surface area contributed by atoms with E-state index in [1.165, 1.54) is 27.8 Å². The van der Waals surface area contributed by atoms with E-state index >= 15 is 0 Å². The summed E-state index contributed by atoms with van der Waals surface area (Å²) in [6.45, 7) is 9.02. The van der Waals surface area contributed by atoms with Crippen LogP contribution in [0.15, 0.2) is 77.5 Å². The van der Waals surface area contributed by atoms with E-state index in [1.807, 2.05) is 19.9 Å². The van der Waals surface area contributed by atoms with Gasteiger partial charge in [-0.1, -0.05) is 79.5 Å². The first-order valence-corrected chi connectivity index (χ1v) is 12.8. The minimum atomic E-state index is -0.410. The Balaban J connectivity index is 1.64. The Labute approximate surface area is 209 Å². The van der Waals surface area contributed by atoms with E-state index in [4.69, 9.17) is 4.74 Å². The van der Waals surface area contributed by atoms with Crippen molar-refractivity contribution in [1.82, 2.24) is 4.90 Å². The molecule has 0 bridgehead atoms. The summed E-state index contributed by atoms with van der Waals surface area (Å²) in [7, 11) is 1.69. The van der Waals surface area contributed by atoms with Gasteiger partial charge in [-0.2, -0.15) is 11.3 Å². The minimum Gasteiger partial charge on any atom is -0.366 e. The number of rotatable bonds is 10. The number of hydrogen-bond acceptors (Lipinski definition) is 3.